The van der Waals surface area contributed by atoms with Gasteiger partial charge < -0.3 is 10.2 Å². The van der Waals surface area contributed by atoms with Crippen LogP contribution in [0.2, 0.25) is 0 Å². The summed E-state index contributed by atoms with van der Waals surface area (Å²) in [4.78, 5) is 18.3. The lowest BCUT2D eigenvalue weighted by Crippen LogP contribution is -2.27. The molecule has 2 rings (SSSR count). The van der Waals surface area contributed by atoms with Crippen LogP contribution < -0.4 is 5.32 Å². The van der Waals surface area contributed by atoms with Gasteiger partial charge in [0.15, 0.2) is 0 Å². The van der Waals surface area contributed by atoms with Gasteiger partial charge in [-0.1, -0.05) is 28.1 Å². The molecule has 0 radical (unpaired) electrons. The van der Waals surface area contributed by atoms with Gasteiger partial charge in [0, 0.05) is 37.0 Å². The van der Waals surface area contributed by atoms with E-state index in [0.29, 0.717) is 12.1 Å². The van der Waals surface area contributed by atoms with Gasteiger partial charge >= 0.3 is 0 Å². The average Bonchev–Trinajstić information content (AvgIpc) is 2.50. The van der Waals surface area contributed by atoms with Crippen molar-refractivity contribution in [2.24, 2.45) is 0 Å². The third-order valence-corrected chi connectivity index (χ3v) is 3.63. The summed E-state index contributed by atoms with van der Waals surface area (Å²) in [6.45, 7) is 3.33. The van der Waals surface area contributed by atoms with Crippen molar-refractivity contribution in [2.45, 2.75) is 13.5 Å². The second-order valence-corrected chi connectivity index (χ2v) is 5.65. The molecule has 4 nitrogen and oxygen atoms in total. The number of hydrogen-bond acceptors (Lipinski definition) is 3. The number of rotatable bonds is 5. The number of nitrogens with one attached hydrogen (secondary N) is 1. The van der Waals surface area contributed by atoms with Crippen molar-refractivity contribution in [3.8, 4) is 0 Å². The smallest absolute Gasteiger partial charge is 0.257 e. The average molecular weight is 348 g/mol. The summed E-state index contributed by atoms with van der Waals surface area (Å²) in [6.07, 6.45) is 3.29. The van der Waals surface area contributed by atoms with Crippen LogP contribution in [0.15, 0.2) is 47.2 Å². The van der Waals surface area contributed by atoms with Crippen molar-refractivity contribution < 1.29 is 4.79 Å². The third-order valence-electron chi connectivity index (χ3n) is 3.10. The lowest BCUT2D eigenvalue weighted by molar-refractivity contribution is 0.0785. The fourth-order valence-electron chi connectivity index (χ4n) is 2.05. The van der Waals surface area contributed by atoms with Gasteiger partial charge in [-0.2, -0.15) is 0 Å². The van der Waals surface area contributed by atoms with Gasteiger partial charge in [-0.25, -0.2) is 0 Å². The number of carbonyl (C=O) groups excluding carboxylic acids is 1. The Morgan fingerprint density at radius 3 is 2.67 bits per heavy atom. The molecule has 5 heteroatoms. The zero-order valence-electron chi connectivity index (χ0n) is 12.1. The molecular weight excluding hydrogens is 330 g/mol. The topological polar surface area (TPSA) is 45.2 Å². The van der Waals surface area contributed by atoms with Gasteiger partial charge in [0.2, 0.25) is 0 Å². The van der Waals surface area contributed by atoms with E-state index < -0.39 is 0 Å². The summed E-state index contributed by atoms with van der Waals surface area (Å²) < 4.78 is 1.03. The molecule has 1 aromatic carbocycles. The number of nitrogens with zero attached hydrogens (tertiary/aromatic N) is 2. The number of amides is 1. The largest absolute Gasteiger partial charge is 0.385 e. The van der Waals surface area contributed by atoms with Gasteiger partial charge in [0.05, 0.1) is 11.3 Å². The number of anilines is 1. The summed E-state index contributed by atoms with van der Waals surface area (Å²) in [7, 11) is 1.80. The van der Waals surface area contributed by atoms with Crippen molar-refractivity contribution in [3.63, 3.8) is 0 Å². The molecule has 0 saturated carbocycles. The molecule has 0 bridgehead atoms. The maximum atomic E-state index is 12.5. The fourth-order valence-corrected chi connectivity index (χ4v) is 2.31. The molecule has 0 aliphatic rings. The molecule has 1 aromatic heterocycles. The lowest BCUT2D eigenvalue weighted by Gasteiger charge is -2.19. The first-order valence-corrected chi connectivity index (χ1v) is 7.59. The quantitative estimate of drug-likeness (QED) is 0.899. The number of hydrogen-bond donors (Lipinski definition) is 1. The van der Waals surface area contributed by atoms with E-state index >= 15 is 0 Å². The maximum absolute atomic E-state index is 12.5. The monoisotopic (exact) mass is 347 g/mol. The molecule has 110 valence electrons. The third kappa shape index (κ3) is 4.04. The standard InChI is InChI=1S/C16H18BrN3O/c1-3-19-15-8-9-18-10-14(15)16(21)20(2)11-12-4-6-13(17)7-5-12/h4-10H,3,11H2,1-2H3,(H,18,19). The second kappa shape index (κ2) is 7.22. The van der Waals surface area contributed by atoms with Gasteiger partial charge in [-0.3, -0.25) is 9.78 Å². The normalized spacial score (nSPS) is 10.2. The molecule has 1 heterocycles. The Kier molecular flexibility index (Phi) is 5.33. The first-order chi connectivity index (χ1) is 10.1. The van der Waals surface area contributed by atoms with Crippen LogP contribution >= 0.6 is 15.9 Å². The molecule has 0 atom stereocenters. The minimum atomic E-state index is -0.0398. The number of benzene rings is 1. The van der Waals surface area contributed by atoms with Gasteiger partial charge in [0.1, 0.15) is 0 Å². The van der Waals surface area contributed by atoms with Gasteiger partial charge in [-0.05, 0) is 30.7 Å². The second-order valence-electron chi connectivity index (χ2n) is 4.74. The lowest BCUT2D eigenvalue weighted by atomic mass is 10.1. The number of aromatic nitrogens is 1. The minimum Gasteiger partial charge on any atom is -0.385 e. The fraction of sp³-hybridized carbons (Fsp3) is 0.250. The Balaban J connectivity index is 2.13. The number of pyridine rings is 1. The molecule has 1 amide bonds. The van der Waals surface area contributed by atoms with Crippen molar-refractivity contribution in [3.05, 3.63) is 58.3 Å². The van der Waals surface area contributed by atoms with Gasteiger partial charge in [0.25, 0.3) is 5.91 Å². The molecular formula is C16H18BrN3O. The van der Waals surface area contributed by atoms with E-state index in [1.807, 2.05) is 37.3 Å². The Bertz CT molecular complexity index is 613. The highest BCUT2D eigenvalue weighted by molar-refractivity contribution is 9.10. The van der Waals surface area contributed by atoms with E-state index in [4.69, 9.17) is 0 Å². The first kappa shape index (κ1) is 15.5. The molecule has 2 aromatic rings. The van der Waals surface area contributed by atoms with Crippen LogP contribution in [0, 0.1) is 0 Å². The van der Waals surface area contributed by atoms with E-state index in [-0.39, 0.29) is 5.91 Å². The number of halogens is 1. The van der Waals surface area contributed by atoms with Crippen LogP contribution in [-0.4, -0.2) is 29.4 Å². The molecule has 0 spiro atoms. The summed E-state index contributed by atoms with van der Waals surface area (Å²) in [5.41, 5.74) is 2.50. The number of carbonyl (C=O) groups is 1. The predicted molar refractivity (Wildman–Crippen MR) is 88.3 cm³/mol. The highest BCUT2D eigenvalue weighted by atomic mass is 79.9. The van der Waals surface area contributed by atoms with Crippen molar-refractivity contribution >= 4 is 27.5 Å². The Morgan fingerprint density at radius 2 is 2.00 bits per heavy atom. The minimum absolute atomic E-state index is 0.0398. The molecule has 0 unspecified atom stereocenters. The Labute approximate surface area is 133 Å². The van der Waals surface area contributed by atoms with Crippen molar-refractivity contribution in [1.82, 2.24) is 9.88 Å². The zero-order valence-corrected chi connectivity index (χ0v) is 13.7. The Hall–Kier alpha value is -1.88. The van der Waals surface area contributed by atoms with Crippen LogP contribution in [0.25, 0.3) is 0 Å². The van der Waals surface area contributed by atoms with Crippen LogP contribution in [0.4, 0.5) is 5.69 Å². The van der Waals surface area contributed by atoms with E-state index in [1.165, 1.54) is 0 Å². The molecule has 0 fully saturated rings. The van der Waals surface area contributed by atoms with Crippen molar-refractivity contribution in [2.75, 3.05) is 18.9 Å². The van der Waals surface area contributed by atoms with Crippen LogP contribution in [0.1, 0.15) is 22.8 Å². The maximum Gasteiger partial charge on any atom is 0.257 e. The highest BCUT2D eigenvalue weighted by Crippen LogP contribution is 2.17. The first-order valence-electron chi connectivity index (χ1n) is 6.79. The summed E-state index contributed by atoms with van der Waals surface area (Å²) >= 11 is 3.41. The molecule has 21 heavy (non-hydrogen) atoms. The zero-order chi connectivity index (χ0) is 15.2. The predicted octanol–water partition coefficient (Wildman–Crippen LogP) is 3.55. The van der Waals surface area contributed by atoms with Crippen LogP contribution in [0.3, 0.4) is 0 Å². The summed E-state index contributed by atoms with van der Waals surface area (Å²) in [5, 5.41) is 3.19. The van der Waals surface area contributed by atoms with E-state index in [9.17, 15) is 4.79 Å². The highest BCUT2D eigenvalue weighted by Gasteiger charge is 2.16. The van der Waals surface area contributed by atoms with Gasteiger partial charge in [-0.15, -0.1) is 0 Å². The van der Waals surface area contributed by atoms with E-state index in [0.717, 1.165) is 22.3 Å². The Morgan fingerprint density at radius 1 is 1.29 bits per heavy atom. The van der Waals surface area contributed by atoms with Crippen LogP contribution in [0.5, 0.6) is 0 Å². The molecule has 1 N–H and O–H groups in total. The molecule has 0 aliphatic heterocycles. The molecule has 0 saturated heterocycles. The SMILES string of the molecule is CCNc1ccncc1C(=O)N(C)Cc1ccc(Br)cc1. The summed E-state index contributed by atoms with van der Waals surface area (Å²) in [5.74, 6) is -0.0398. The van der Waals surface area contributed by atoms with Crippen molar-refractivity contribution in [1.29, 1.82) is 0 Å². The van der Waals surface area contributed by atoms with Crippen LogP contribution in [-0.2, 0) is 6.54 Å². The molecule has 0 aliphatic carbocycles. The van der Waals surface area contributed by atoms with E-state index in [2.05, 4.69) is 26.2 Å². The van der Waals surface area contributed by atoms with E-state index in [1.54, 1.807) is 24.3 Å². The summed E-state index contributed by atoms with van der Waals surface area (Å²) in [6, 6.07) is 9.78.